The Labute approximate surface area is 84.3 Å². The molecule has 0 bridgehead atoms. The highest BCUT2D eigenvalue weighted by Gasteiger charge is 2.31. The average molecular weight is 217 g/mol. The van der Waals surface area contributed by atoms with Crippen LogP contribution in [0.25, 0.3) is 0 Å². The van der Waals surface area contributed by atoms with Crippen LogP contribution < -0.4 is 0 Å². The lowest BCUT2D eigenvalue weighted by molar-refractivity contribution is -0.385. The summed E-state index contributed by atoms with van der Waals surface area (Å²) in [7, 11) is 0. The number of nitrogens with zero attached hydrogens (tertiary/aromatic N) is 1. The van der Waals surface area contributed by atoms with Gasteiger partial charge in [0, 0.05) is 30.7 Å². The van der Waals surface area contributed by atoms with Crippen LogP contribution in [0.3, 0.4) is 0 Å². The zero-order chi connectivity index (χ0) is 11.5. The summed E-state index contributed by atoms with van der Waals surface area (Å²) < 4.78 is 26.4. The van der Waals surface area contributed by atoms with Crippen molar-refractivity contribution >= 4 is 5.69 Å². The van der Waals surface area contributed by atoms with E-state index < -0.39 is 29.4 Å². The Morgan fingerprint density at radius 1 is 1.47 bits per heavy atom. The molecular weight excluding hydrogens is 208 g/mol. The third-order valence-electron chi connectivity index (χ3n) is 1.91. The van der Waals surface area contributed by atoms with Crippen LogP contribution in [-0.4, -0.2) is 16.6 Å². The predicted molar refractivity (Wildman–Crippen MR) is 48.7 cm³/mol. The monoisotopic (exact) mass is 217 g/mol. The minimum absolute atomic E-state index is 0.384. The summed E-state index contributed by atoms with van der Waals surface area (Å²) in [6, 6.07) is 4.25. The molecule has 0 saturated carbocycles. The van der Waals surface area contributed by atoms with Gasteiger partial charge in [-0.15, -0.1) is 0 Å². The molecule has 1 N–H and O–H groups in total. The summed E-state index contributed by atoms with van der Waals surface area (Å²) >= 11 is 0. The van der Waals surface area contributed by atoms with E-state index in [4.69, 9.17) is 5.11 Å². The Morgan fingerprint density at radius 2 is 2.13 bits per heavy atom. The number of benzene rings is 1. The molecule has 82 valence electrons. The summed E-state index contributed by atoms with van der Waals surface area (Å²) in [5.74, 6) is -3.24. The second-order valence-electron chi connectivity index (χ2n) is 2.99. The van der Waals surface area contributed by atoms with Gasteiger partial charge in [-0.2, -0.15) is 0 Å². The molecular formula is C9H9F2NO3. The van der Waals surface area contributed by atoms with Crippen LogP contribution in [0.5, 0.6) is 0 Å². The number of nitro benzene ring substituents is 1. The molecule has 6 heteroatoms. The Kier molecular flexibility index (Phi) is 3.31. The van der Waals surface area contributed by atoms with Gasteiger partial charge in [0.2, 0.25) is 0 Å². The summed E-state index contributed by atoms with van der Waals surface area (Å²) in [5, 5.41) is 18.8. The topological polar surface area (TPSA) is 63.4 Å². The second-order valence-corrected chi connectivity index (χ2v) is 2.99. The number of non-ortho nitro benzene ring substituents is 1. The summed E-state index contributed by atoms with van der Waals surface area (Å²) in [5.41, 5.74) is -0.837. The van der Waals surface area contributed by atoms with Gasteiger partial charge in [-0.3, -0.25) is 10.1 Å². The van der Waals surface area contributed by atoms with E-state index in [1.54, 1.807) is 0 Å². The van der Waals surface area contributed by atoms with Gasteiger partial charge in [-0.1, -0.05) is 12.1 Å². The van der Waals surface area contributed by atoms with E-state index in [0.29, 0.717) is 0 Å². The Bertz CT molecular complexity index is 368. The Balaban J connectivity index is 3.04. The van der Waals surface area contributed by atoms with Gasteiger partial charge in [0.1, 0.15) is 0 Å². The van der Waals surface area contributed by atoms with Crippen molar-refractivity contribution in [1.82, 2.24) is 0 Å². The van der Waals surface area contributed by atoms with E-state index >= 15 is 0 Å². The van der Waals surface area contributed by atoms with E-state index in [2.05, 4.69) is 0 Å². The van der Waals surface area contributed by atoms with Crippen LogP contribution >= 0.6 is 0 Å². The van der Waals surface area contributed by atoms with Crippen molar-refractivity contribution < 1.29 is 18.8 Å². The fourth-order valence-electron chi connectivity index (χ4n) is 1.13. The van der Waals surface area contributed by atoms with Crippen LogP contribution in [0.1, 0.15) is 12.0 Å². The van der Waals surface area contributed by atoms with Crippen molar-refractivity contribution in [2.45, 2.75) is 12.3 Å². The van der Waals surface area contributed by atoms with Gasteiger partial charge in [-0.25, -0.2) is 8.78 Å². The highest BCUT2D eigenvalue weighted by Crippen LogP contribution is 2.32. The largest absolute Gasteiger partial charge is 0.396 e. The molecule has 0 aliphatic carbocycles. The van der Waals surface area contributed by atoms with Crippen LogP contribution in [0.15, 0.2) is 24.3 Å². The minimum Gasteiger partial charge on any atom is -0.396 e. The summed E-state index contributed by atoms with van der Waals surface area (Å²) in [6.45, 7) is -0.671. The fraction of sp³-hybridized carbons (Fsp3) is 0.333. The van der Waals surface area contributed by atoms with Crippen LogP contribution in [0, 0.1) is 10.1 Å². The molecule has 0 unspecified atom stereocenters. The number of aliphatic hydroxyl groups is 1. The molecule has 1 aromatic rings. The average Bonchev–Trinajstić information content (AvgIpc) is 2.18. The molecule has 0 aliphatic heterocycles. The quantitative estimate of drug-likeness (QED) is 0.620. The molecule has 1 rings (SSSR count). The standard InChI is InChI=1S/C9H9F2NO3/c10-9(11,4-5-13)7-2-1-3-8(6-7)12(14)15/h1-3,6,13H,4-5H2. The van der Waals surface area contributed by atoms with E-state index in [1.807, 2.05) is 0 Å². The van der Waals surface area contributed by atoms with E-state index in [0.717, 1.165) is 18.2 Å². The smallest absolute Gasteiger partial charge is 0.275 e. The lowest BCUT2D eigenvalue weighted by atomic mass is 10.1. The Morgan fingerprint density at radius 3 is 2.67 bits per heavy atom. The third kappa shape index (κ3) is 2.69. The summed E-state index contributed by atoms with van der Waals surface area (Å²) in [6.07, 6.45) is -0.742. The molecule has 0 fully saturated rings. The highest BCUT2D eigenvalue weighted by molar-refractivity contribution is 5.36. The molecule has 4 nitrogen and oxygen atoms in total. The number of halogens is 2. The van der Waals surface area contributed by atoms with Crippen molar-refractivity contribution in [3.05, 3.63) is 39.9 Å². The first-order valence-electron chi connectivity index (χ1n) is 4.21. The predicted octanol–water partition coefficient (Wildman–Crippen LogP) is 2.07. The maximum atomic E-state index is 13.2. The molecule has 0 saturated heterocycles. The molecule has 0 radical (unpaired) electrons. The molecule has 15 heavy (non-hydrogen) atoms. The maximum Gasteiger partial charge on any atom is 0.275 e. The number of rotatable bonds is 4. The first kappa shape index (κ1) is 11.5. The van der Waals surface area contributed by atoms with Crippen molar-refractivity contribution in [3.63, 3.8) is 0 Å². The van der Waals surface area contributed by atoms with Crippen molar-refractivity contribution in [1.29, 1.82) is 0 Å². The van der Waals surface area contributed by atoms with Crippen molar-refractivity contribution in [2.75, 3.05) is 6.61 Å². The molecule has 0 spiro atoms. The van der Waals surface area contributed by atoms with E-state index in [9.17, 15) is 18.9 Å². The van der Waals surface area contributed by atoms with E-state index in [-0.39, 0.29) is 5.69 Å². The number of hydrogen-bond donors (Lipinski definition) is 1. The Hall–Kier alpha value is -1.56. The minimum atomic E-state index is -3.24. The van der Waals surface area contributed by atoms with Gasteiger partial charge in [0.05, 0.1) is 4.92 Å². The molecule has 0 atom stereocenters. The van der Waals surface area contributed by atoms with Crippen LogP contribution in [0.4, 0.5) is 14.5 Å². The van der Waals surface area contributed by atoms with Crippen molar-refractivity contribution in [2.24, 2.45) is 0 Å². The molecule has 0 heterocycles. The number of nitro groups is 1. The SMILES string of the molecule is O=[N+]([O-])c1cccc(C(F)(F)CCO)c1. The van der Waals surface area contributed by atoms with E-state index in [1.165, 1.54) is 6.07 Å². The highest BCUT2D eigenvalue weighted by atomic mass is 19.3. The first-order valence-corrected chi connectivity index (χ1v) is 4.21. The first-order chi connectivity index (χ1) is 6.97. The molecule has 0 aliphatic rings. The second kappa shape index (κ2) is 4.31. The van der Waals surface area contributed by atoms with Gasteiger partial charge in [0.15, 0.2) is 0 Å². The van der Waals surface area contributed by atoms with Gasteiger partial charge >= 0.3 is 0 Å². The maximum absolute atomic E-state index is 13.2. The van der Waals surface area contributed by atoms with Gasteiger partial charge < -0.3 is 5.11 Å². The van der Waals surface area contributed by atoms with Crippen LogP contribution in [0.2, 0.25) is 0 Å². The lowest BCUT2D eigenvalue weighted by Gasteiger charge is -2.14. The third-order valence-corrected chi connectivity index (χ3v) is 1.91. The zero-order valence-electron chi connectivity index (χ0n) is 7.69. The van der Waals surface area contributed by atoms with Gasteiger partial charge in [0.25, 0.3) is 11.6 Å². The number of hydrogen-bond acceptors (Lipinski definition) is 3. The fourth-order valence-corrected chi connectivity index (χ4v) is 1.13. The molecule has 1 aromatic carbocycles. The zero-order valence-corrected chi connectivity index (χ0v) is 7.69. The normalized spacial score (nSPS) is 11.4. The lowest BCUT2D eigenvalue weighted by Crippen LogP contribution is -2.15. The summed E-state index contributed by atoms with van der Waals surface area (Å²) in [4.78, 5) is 9.61. The van der Waals surface area contributed by atoms with Crippen molar-refractivity contribution in [3.8, 4) is 0 Å². The molecule has 0 aromatic heterocycles. The van der Waals surface area contributed by atoms with Gasteiger partial charge in [-0.05, 0) is 0 Å². The number of aliphatic hydroxyl groups excluding tert-OH is 1. The van der Waals surface area contributed by atoms with Crippen LogP contribution in [-0.2, 0) is 5.92 Å². The number of alkyl halides is 2. The molecule has 0 amide bonds.